The maximum Gasteiger partial charge on any atom is 0.225 e. The fourth-order valence-corrected chi connectivity index (χ4v) is 1.43. The van der Waals surface area contributed by atoms with Crippen LogP contribution in [-0.4, -0.2) is 37.0 Å². The number of hydrogen-bond acceptors (Lipinski definition) is 2. The van der Waals surface area contributed by atoms with Gasteiger partial charge in [0.2, 0.25) is 5.91 Å². The first kappa shape index (κ1) is 9.52. The molecule has 0 aromatic carbocycles. The van der Waals surface area contributed by atoms with Crippen LogP contribution in [0, 0.1) is 5.92 Å². The highest BCUT2D eigenvalue weighted by Crippen LogP contribution is 2.03. The summed E-state index contributed by atoms with van der Waals surface area (Å²) in [4.78, 5) is 13.5. The van der Waals surface area contributed by atoms with E-state index in [-0.39, 0.29) is 7.34 Å². The van der Waals surface area contributed by atoms with Crippen molar-refractivity contribution in [3.05, 3.63) is 0 Å². The van der Waals surface area contributed by atoms with E-state index in [0.29, 0.717) is 5.91 Å². The summed E-state index contributed by atoms with van der Waals surface area (Å²) in [5.74, 6) is 0.432. The van der Waals surface area contributed by atoms with Crippen LogP contribution in [0.15, 0.2) is 0 Å². The maximum atomic E-state index is 11.5. The molecule has 1 aliphatic heterocycles. The van der Waals surface area contributed by atoms with E-state index in [0.717, 1.165) is 32.6 Å². The molecule has 1 N–H and O–H groups in total. The van der Waals surface area contributed by atoms with Crippen LogP contribution in [0.3, 0.4) is 0 Å². The number of hydrogen-bond donors (Lipinski definition) is 1. The second kappa shape index (κ2) is 4.45. The molecule has 0 spiro atoms. The van der Waals surface area contributed by atoms with E-state index in [1.165, 1.54) is 0 Å². The lowest BCUT2D eigenvalue weighted by Crippen LogP contribution is -2.36. The van der Waals surface area contributed by atoms with Gasteiger partial charge in [0.25, 0.3) is 0 Å². The average molecular weight is 172 g/mol. The molecule has 0 unspecified atom stereocenters. The Balaban J connectivity index is 0.00000144. The quantitative estimate of drug-likeness (QED) is 0.632. The van der Waals surface area contributed by atoms with Crippen LogP contribution in [0.4, 0.5) is 0 Å². The molecule has 0 bridgehead atoms. The van der Waals surface area contributed by atoms with Crippen LogP contribution >= 0.6 is 0 Å². The molecule has 0 saturated carbocycles. The molecule has 0 radical (unpaired) electrons. The van der Waals surface area contributed by atoms with Gasteiger partial charge in [0.05, 0.1) is 0 Å². The topological polar surface area (TPSA) is 32.3 Å². The van der Waals surface area contributed by atoms with Crippen molar-refractivity contribution in [1.82, 2.24) is 10.2 Å². The molecule has 1 amide bonds. The fraction of sp³-hybridized carbons (Fsp3) is 0.889. The van der Waals surface area contributed by atoms with Gasteiger partial charge in [-0.25, -0.2) is 0 Å². The van der Waals surface area contributed by atoms with Crippen molar-refractivity contribution in [3.63, 3.8) is 0 Å². The van der Waals surface area contributed by atoms with Gasteiger partial charge in [-0.2, -0.15) is 0 Å². The first-order valence-electron chi connectivity index (χ1n) is 4.71. The van der Waals surface area contributed by atoms with E-state index < -0.39 is 0 Å². The highest BCUT2D eigenvalue weighted by molar-refractivity contribution is 5.78. The molecule has 1 rings (SSSR count). The lowest BCUT2D eigenvalue weighted by Gasteiger charge is -2.21. The van der Waals surface area contributed by atoms with Gasteiger partial charge in [0, 0.05) is 27.0 Å². The number of amides is 1. The summed E-state index contributed by atoms with van der Waals surface area (Å²) < 4.78 is 0. The monoisotopic (exact) mass is 172 g/mol. The first-order valence-corrected chi connectivity index (χ1v) is 4.71. The third-order valence-corrected chi connectivity index (χ3v) is 2.15. The zero-order valence-corrected chi connectivity index (χ0v) is 7.97. The van der Waals surface area contributed by atoms with Crippen LogP contribution in [0.2, 0.25) is 0 Å². The molecule has 1 fully saturated rings. The van der Waals surface area contributed by atoms with Crippen molar-refractivity contribution >= 4 is 5.91 Å². The van der Waals surface area contributed by atoms with Gasteiger partial charge in [0.1, 0.15) is 0 Å². The summed E-state index contributed by atoms with van der Waals surface area (Å²) >= 11 is 0. The fourth-order valence-electron chi connectivity index (χ4n) is 1.43. The van der Waals surface area contributed by atoms with Crippen LogP contribution < -0.4 is 5.32 Å². The summed E-state index contributed by atoms with van der Waals surface area (Å²) in [5, 5.41) is 3.28. The molecular weight excluding hydrogens is 152 g/mol. The van der Waals surface area contributed by atoms with Crippen LogP contribution in [0.1, 0.15) is 21.7 Å². The molecule has 0 aromatic rings. The number of nitrogens with one attached hydrogen (secondary N) is 1. The van der Waals surface area contributed by atoms with Crippen LogP contribution in [-0.2, 0) is 4.79 Å². The molecule has 0 atom stereocenters. The van der Waals surface area contributed by atoms with Crippen molar-refractivity contribution in [2.45, 2.75) is 20.3 Å². The normalized spacial score (nSPS) is 19.4. The number of rotatable bonds is 1. The van der Waals surface area contributed by atoms with Gasteiger partial charge in [0.15, 0.2) is 0 Å². The van der Waals surface area contributed by atoms with Gasteiger partial charge < -0.3 is 10.2 Å². The van der Waals surface area contributed by atoms with E-state index >= 15 is 0 Å². The lowest BCUT2D eigenvalue weighted by molar-refractivity contribution is -0.134. The van der Waals surface area contributed by atoms with Crippen molar-refractivity contribution in [2.24, 2.45) is 5.92 Å². The molecule has 1 saturated heterocycles. The van der Waals surface area contributed by atoms with Gasteiger partial charge in [-0.1, -0.05) is 13.8 Å². The van der Waals surface area contributed by atoms with E-state index in [4.69, 9.17) is 0 Å². The lowest BCUT2D eigenvalue weighted by atomic mass is 10.2. The predicted molar refractivity (Wildman–Crippen MR) is 51.0 cm³/mol. The second-order valence-corrected chi connectivity index (χ2v) is 3.58. The zero-order valence-electron chi connectivity index (χ0n) is 7.97. The van der Waals surface area contributed by atoms with Gasteiger partial charge in [-0.05, 0) is 13.0 Å². The van der Waals surface area contributed by atoms with Crippen LogP contribution in [0.5, 0.6) is 0 Å². The van der Waals surface area contributed by atoms with E-state index in [9.17, 15) is 4.79 Å². The number of carbonyl (C=O) groups is 1. The Morgan fingerprint density at radius 3 is 2.83 bits per heavy atom. The minimum absolute atomic E-state index is 0. The minimum Gasteiger partial charge on any atom is -0.341 e. The molecule has 0 aromatic heterocycles. The summed E-state index contributed by atoms with van der Waals surface area (Å²) in [5.41, 5.74) is 0. The van der Waals surface area contributed by atoms with Gasteiger partial charge in [-0.3, -0.25) is 4.79 Å². The van der Waals surface area contributed by atoms with E-state index in [1.54, 1.807) is 0 Å². The molecular formula is C9H20N2O. The Kier molecular flexibility index (Phi) is 3.53. The molecule has 0 aliphatic carbocycles. The van der Waals surface area contributed by atoms with Crippen molar-refractivity contribution in [2.75, 3.05) is 26.2 Å². The van der Waals surface area contributed by atoms with Crippen LogP contribution in [0.25, 0.3) is 0 Å². The smallest absolute Gasteiger partial charge is 0.225 e. The zero-order chi connectivity index (χ0) is 8.97. The Morgan fingerprint density at radius 2 is 2.17 bits per heavy atom. The third kappa shape index (κ3) is 2.48. The maximum absolute atomic E-state index is 11.5. The summed E-state index contributed by atoms with van der Waals surface area (Å²) in [6.07, 6.45) is 1.08. The van der Waals surface area contributed by atoms with E-state index in [1.807, 2.05) is 18.7 Å². The van der Waals surface area contributed by atoms with Gasteiger partial charge >= 0.3 is 0 Å². The molecule has 1 aliphatic rings. The molecule has 72 valence electrons. The number of nitrogens with zero attached hydrogens (tertiary/aromatic N) is 1. The minimum atomic E-state index is 0. The van der Waals surface area contributed by atoms with Gasteiger partial charge in [-0.15, -0.1) is 0 Å². The number of carbonyl (C=O) groups excluding carboxylic acids is 1. The molecule has 3 heteroatoms. The highest BCUT2D eigenvalue weighted by atomic mass is 16.2. The Bertz CT molecular complexity index is 154. The van der Waals surface area contributed by atoms with Crippen molar-refractivity contribution in [3.8, 4) is 0 Å². The third-order valence-electron chi connectivity index (χ3n) is 2.15. The Labute approximate surface area is 75.6 Å². The summed E-state index contributed by atoms with van der Waals surface area (Å²) in [7, 11) is 0. The largest absolute Gasteiger partial charge is 0.341 e. The molecule has 1 heterocycles. The molecule has 12 heavy (non-hydrogen) atoms. The summed E-state index contributed by atoms with van der Waals surface area (Å²) in [6.45, 7) is 7.70. The summed E-state index contributed by atoms with van der Waals surface area (Å²) in [6, 6.07) is 0. The van der Waals surface area contributed by atoms with Crippen molar-refractivity contribution in [1.29, 1.82) is 0 Å². The second-order valence-electron chi connectivity index (χ2n) is 3.58. The van der Waals surface area contributed by atoms with E-state index in [2.05, 4.69) is 5.32 Å². The standard InChI is InChI=1S/C9H18N2O.H2/c1-8(2)9(12)11-6-3-4-10-5-7-11;/h8,10H,3-7H2,1-2H3;1H. The first-order chi connectivity index (χ1) is 5.72. The predicted octanol–water partition coefficient (Wildman–Crippen LogP) is 0.710. The highest BCUT2D eigenvalue weighted by Gasteiger charge is 2.17. The SMILES string of the molecule is CC(C)C(=O)N1CCCNCC1.[HH]. The Hall–Kier alpha value is -0.570. The molecule has 3 nitrogen and oxygen atoms in total. The van der Waals surface area contributed by atoms with Crippen molar-refractivity contribution < 1.29 is 6.22 Å². The Morgan fingerprint density at radius 1 is 1.42 bits per heavy atom. The average Bonchev–Trinajstić information content (AvgIpc) is 2.30.